The number of hydrogen-bond acceptors (Lipinski definition) is 6. The van der Waals surface area contributed by atoms with E-state index >= 15 is 0 Å². The van der Waals surface area contributed by atoms with Crippen LogP contribution < -0.4 is 16.4 Å². The number of rotatable bonds is 6. The highest BCUT2D eigenvalue weighted by atomic mass is 32.1. The minimum Gasteiger partial charge on any atom is -0.462 e. The maximum Gasteiger partial charge on any atom is 0.343 e. The third-order valence-corrected chi connectivity index (χ3v) is 3.62. The fourth-order valence-electron chi connectivity index (χ4n) is 1.51. The van der Waals surface area contributed by atoms with Gasteiger partial charge in [0.15, 0.2) is 0 Å². The molecule has 1 aromatic heterocycles. The predicted octanol–water partition coefficient (Wildman–Crippen LogP) is 1.69. The lowest BCUT2D eigenvalue weighted by atomic mass is 10.2. The van der Waals surface area contributed by atoms with Crippen molar-refractivity contribution in [3.05, 3.63) is 10.4 Å². The van der Waals surface area contributed by atoms with E-state index in [4.69, 9.17) is 10.5 Å². The molecule has 0 radical (unpaired) electrons. The van der Waals surface area contributed by atoms with Crippen molar-refractivity contribution in [1.29, 1.82) is 0 Å². The van der Waals surface area contributed by atoms with Gasteiger partial charge in [0.2, 0.25) is 0 Å². The van der Waals surface area contributed by atoms with Gasteiger partial charge in [0.05, 0.1) is 12.3 Å². The van der Waals surface area contributed by atoms with Crippen LogP contribution in [0, 0.1) is 0 Å². The van der Waals surface area contributed by atoms with Crippen molar-refractivity contribution < 1.29 is 14.3 Å². The molecule has 0 unspecified atom stereocenters. The highest BCUT2D eigenvalue weighted by Gasteiger charge is 2.25. The molecule has 1 rings (SSSR count). The van der Waals surface area contributed by atoms with Crippen LogP contribution in [0.25, 0.3) is 0 Å². The lowest BCUT2D eigenvalue weighted by Gasteiger charge is -2.04. The molecule has 106 valence electrons. The highest BCUT2D eigenvalue weighted by molar-refractivity contribution is 7.19. The quantitative estimate of drug-likeness (QED) is 0.692. The summed E-state index contributed by atoms with van der Waals surface area (Å²) in [5.41, 5.74) is 6.29. The molecule has 0 atom stereocenters. The van der Waals surface area contributed by atoms with Crippen LogP contribution in [0.5, 0.6) is 0 Å². The molecule has 0 fully saturated rings. The normalized spacial score (nSPS) is 10.1. The zero-order valence-corrected chi connectivity index (χ0v) is 12.1. The Bertz CT molecular complexity index is 471. The monoisotopic (exact) mass is 285 g/mol. The summed E-state index contributed by atoms with van der Waals surface area (Å²) < 4.78 is 4.94. The number of nitrogen functional groups attached to an aromatic ring is 1. The van der Waals surface area contributed by atoms with Crippen molar-refractivity contribution >= 4 is 33.9 Å². The maximum absolute atomic E-state index is 11.9. The van der Waals surface area contributed by atoms with E-state index in [-0.39, 0.29) is 23.8 Å². The van der Waals surface area contributed by atoms with Gasteiger partial charge in [0, 0.05) is 13.6 Å². The third-order valence-electron chi connectivity index (χ3n) is 2.39. The van der Waals surface area contributed by atoms with Gasteiger partial charge in [-0.05, 0) is 13.3 Å². The molecule has 19 heavy (non-hydrogen) atoms. The van der Waals surface area contributed by atoms with Crippen molar-refractivity contribution in [3.63, 3.8) is 0 Å². The van der Waals surface area contributed by atoms with Crippen molar-refractivity contribution in [1.82, 2.24) is 5.32 Å². The first-order valence-electron chi connectivity index (χ1n) is 6.12. The second-order valence-corrected chi connectivity index (χ2v) is 4.80. The summed E-state index contributed by atoms with van der Waals surface area (Å²) in [4.78, 5) is 24.1. The first kappa shape index (κ1) is 15.3. The topological polar surface area (TPSA) is 93.5 Å². The van der Waals surface area contributed by atoms with Crippen LogP contribution in [0.3, 0.4) is 0 Å². The van der Waals surface area contributed by atoms with Crippen molar-refractivity contribution in [2.75, 3.05) is 31.2 Å². The molecule has 0 aliphatic rings. The van der Waals surface area contributed by atoms with Crippen LogP contribution >= 0.6 is 11.3 Å². The van der Waals surface area contributed by atoms with E-state index < -0.39 is 5.97 Å². The number of carbonyl (C=O) groups excluding carboxylic acids is 2. The average Bonchev–Trinajstić information content (AvgIpc) is 2.73. The number of esters is 1. The number of carbonyl (C=O) groups is 2. The molecule has 0 aromatic carbocycles. The van der Waals surface area contributed by atoms with E-state index in [9.17, 15) is 9.59 Å². The van der Waals surface area contributed by atoms with Gasteiger partial charge >= 0.3 is 5.97 Å². The van der Waals surface area contributed by atoms with Gasteiger partial charge in [0.1, 0.15) is 15.4 Å². The van der Waals surface area contributed by atoms with Gasteiger partial charge in [-0.2, -0.15) is 0 Å². The molecule has 0 aliphatic heterocycles. The molecule has 0 aliphatic carbocycles. The lowest BCUT2D eigenvalue weighted by molar-refractivity contribution is 0.0529. The number of thiophene rings is 1. The van der Waals surface area contributed by atoms with Crippen molar-refractivity contribution in [3.8, 4) is 0 Å². The van der Waals surface area contributed by atoms with E-state index in [0.717, 1.165) is 17.8 Å². The highest BCUT2D eigenvalue weighted by Crippen LogP contribution is 2.35. The van der Waals surface area contributed by atoms with Gasteiger partial charge in [-0.3, -0.25) is 4.79 Å². The minimum absolute atomic E-state index is 0.168. The third kappa shape index (κ3) is 3.37. The molecule has 4 N–H and O–H groups in total. The molecule has 0 saturated carbocycles. The molecule has 0 bridgehead atoms. The van der Waals surface area contributed by atoms with Crippen LogP contribution in [0.2, 0.25) is 0 Å². The van der Waals surface area contributed by atoms with Gasteiger partial charge in [0.25, 0.3) is 5.91 Å². The summed E-state index contributed by atoms with van der Waals surface area (Å²) in [6, 6.07) is 0. The molecule has 1 aromatic rings. The van der Waals surface area contributed by atoms with Gasteiger partial charge in [-0.25, -0.2) is 4.79 Å². The van der Waals surface area contributed by atoms with Crippen LogP contribution in [-0.2, 0) is 4.74 Å². The predicted molar refractivity (Wildman–Crippen MR) is 76.9 cm³/mol. The largest absolute Gasteiger partial charge is 0.462 e. The van der Waals surface area contributed by atoms with E-state index in [1.807, 2.05) is 6.92 Å². The molecular weight excluding hydrogens is 266 g/mol. The zero-order valence-electron chi connectivity index (χ0n) is 11.3. The molecule has 1 amide bonds. The minimum atomic E-state index is -0.518. The Hall–Kier alpha value is -1.76. The molecule has 0 spiro atoms. The van der Waals surface area contributed by atoms with Crippen LogP contribution in [0.1, 0.15) is 40.3 Å². The Morgan fingerprint density at radius 3 is 2.58 bits per heavy atom. The van der Waals surface area contributed by atoms with E-state index in [2.05, 4.69) is 10.6 Å². The Labute approximate surface area is 116 Å². The molecular formula is C12H19N3O3S. The molecule has 1 heterocycles. The Kier molecular flexibility index (Phi) is 5.62. The summed E-state index contributed by atoms with van der Waals surface area (Å²) in [5, 5.41) is 6.14. The Balaban J connectivity index is 3.09. The average molecular weight is 285 g/mol. The first-order chi connectivity index (χ1) is 9.06. The smallest absolute Gasteiger partial charge is 0.343 e. The van der Waals surface area contributed by atoms with E-state index in [1.165, 1.54) is 0 Å². The molecule has 6 nitrogen and oxygen atoms in total. The molecule has 0 saturated heterocycles. The zero-order chi connectivity index (χ0) is 14.4. The summed E-state index contributed by atoms with van der Waals surface area (Å²) in [6.07, 6.45) is 0.834. The number of nitrogens with two attached hydrogens (primary N) is 1. The number of amides is 1. The maximum atomic E-state index is 11.9. The summed E-state index contributed by atoms with van der Waals surface area (Å²) >= 11 is 1.15. The number of hydrogen-bond donors (Lipinski definition) is 3. The first-order valence-corrected chi connectivity index (χ1v) is 6.93. The van der Waals surface area contributed by atoms with Crippen LogP contribution in [0.4, 0.5) is 10.7 Å². The van der Waals surface area contributed by atoms with Gasteiger partial charge in [-0.1, -0.05) is 6.92 Å². The second-order valence-electron chi connectivity index (χ2n) is 3.78. The van der Waals surface area contributed by atoms with Crippen molar-refractivity contribution in [2.45, 2.75) is 20.3 Å². The van der Waals surface area contributed by atoms with E-state index in [0.29, 0.717) is 16.4 Å². The standard InChI is InChI=1S/C12H19N3O3S/c1-4-6-15-10(16)9-8(13)7(11(14-3)19-9)12(17)18-5-2/h14H,4-6,13H2,1-3H3,(H,15,16). The van der Waals surface area contributed by atoms with Gasteiger partial charge in [-0.15, -0.1) is 11.3 Å². The fraction of sp³-hybridized carbons (Fsp3) is 0.500. The lowest BCUT2D eigenvalue weighted by Crippen LogP contribution is -2.24. The Morgan fingerprint density at radius 2 is 2.05 bits per heavy atom. The number of ether oxygens (including phenoxy) is 1. The number of anilines is 2. The van der Waals surface area contributed by atoms with Crippen LogP contribution in [-0.4, -0.2) is 32.1 Å². The van der Waals surface area contributed by atoms with Crippen LogP contribution in [0.15, 0.2) is 0 Å². The van der Waals surface area contributed by atoms with Crippen molar-refractivity contribution in [2.24, 2.45) is 0 Å². The van der Waals surface area contributed by atoms with E-state index in [1.54, 1.807) is 14.0 Å². The Morgan fingerprint density at radius 1 is 1.37 bits per heavy atom. The summed E-state index contributed by atoms with van der Waals surface area (Å²) in [7, 11) is 1.67. The number of nitrogens with one attached hydrogen (secondary N) is 2. The second kappa shape index (κ2) is 6.98. The summed E-state index contributed by atoms with van der Waals surface area (Å²) in [5.74, 6) is -0.786. The van der Waals surface area contributed by atoms with Gasteiger partial charge < -0.3 is 21.1 Å². The SMILES string of the molecule is CCCNC(=O)c1sc(NC)c(C(=O)OCC)c1N. The summed E-state index contributed by atoms with van der Waals surface area (Å²) in [6.45, 7) is 4.50. The molecule has 7 heteroatoms. The fourth-order valence-corrected chi connectivity index (χ4v) is 2.49.